The van der Waals surface area contributed by atoms with E-state index in [-0.39, 0.29) is 17.3 Å². The van der Waals surface area contributed by atoms with Gasteiger partial charge in [-0.1, -0.05) is 23.9 Å². The van der Waals surface area contributed by atoms with Crippen molar-refractivity contribution in [1.82, 2.24) is 4.98 Å². The summed E-state index contributed by atoms with van der Waals surface area (Å²) >= 11 is 3.58. The molecule has 0 N–H and O–H groups in total. The van der Waals surface area contributed by atoms with Crippen LogP contribution in [0.3, 0.4) is 0 Å². The molecule has 3 heterocycles. The molecular weight excluding hydrogens is 302 g/mol. The molecule has 2 fully saturated rings. The minimum Gasteiger partial charge on any atom is -0.371 e. The van der Waals surface area contributed by atoms with E-state index in [9.17, 15) is 0 Å². The van der Waals surface area contributed by atoms with Crippen LogP contribution in [0.25, 0.3) is 10.2 Å². The van der Waals surface area contributed by atoms with Gasteiger partial charge in [0.2, 0.25) is 0 Å². The van der Waals surface area contributed by atoms with Crippen molar-refractivity contribution < 1.29 is 9.47 Å². The molecule has 0 saturated carbocycles. The van der Waals surface area contributed by atoms with Crippen molar-refractivity contribution >= 4 is 33.3 Å². The molecule has 5 heteroatoms. The van der Waals surface area contributed by atoms with E-state index in [0.717, 1.165) is 35.1 Å². The molecule has 2 saturated heterocycles. The lowest BCUT2D eigenvalue weighted by Gasteiger charge is -2.39. The standard InChI is InChI=1S/C16H19NO2S2/c1-15(2)9-16(10-18-16)7-11(19-15)8-20-14-17-12-5-3-4-6-13(12)21-14/h3-6,11H,7-10H2,1-2H3/t11-,16+/m0/s1. The van der Waals surface area contributed by atoms with Crippen molar-refractivity contribution in [2.75, 3.05) is 12.4 Å². The number of thioether (sulfide) groups is 1. The predicted octanol–water partition coefficient (Wildman–Crippen LogP) is 4.12. The fraction of sp³-hybridized carbons (Fsp3) is 0.562. The number of fused-ring (bicyclic) bond motifs is 1. The Hall–Kier alpha value is -0.620. The zero-order valence-electron chi connectivity index (χ0n) is 12.3. The van der Waals surface area contributed by atoms with E-state index in [4.69, 9.17) is 9.47 Å². The Morgan fingerprint density at radius 3 is 2.95 bits per heavy atom. The number of hydrogen-bond donors (Lipinski definition) is 0. The largest absolute Gasteiger partial charge is 0.371 e. The lowest BCUT2D eigenvalue weighted by Crippen LogP contribution is -2.44. The number of thiazole rings is 1. The van der Waals surface area contributed by atoms with Crippen LogP contribution in [0.2, 0.25) is 0 Å². The molecule has 112 valence electrons. The molecule has 2 aliphatic heterocycles. The Bertz CT molecular complexity index is 624. The lowest BCUT2D eigenvalue weighted by atomic mass is 9.86. The third-order valence-corrected chi connectivity index (χ3v) is 6.36. The first-order valence-electron chi connectivity index (χ1n) is 7.34. The number of nitrogens with zero attached hydrogens (tertiary/aromatic N) is 1. The van der Waals surface area contributed by atoms with Crippen LogP contribution in [0.15, 0.2) is 28.6 Å². The van der Waals surface area contributed by atoms with Crippen molar-refractivity contribution in [3.63, 3.8) is 0 Å². The first-order chi connectivity index (χ1) is 10.0. The molecule has 21 heavy (non-hydrogen) atoms. The second-order valence-electron chi connectivity index (χ2n) is 6.61. The second-order valence-corrected chi connectivity index (χ2v) is 8.91. The zero-order chi connectivity index (χ0) is 14.5. The molecule has 0 amide bonds. The van der Waals surface area contributed by atoms with Crippen LogP contribution in [0, 0.1) is 0 Å². The van der Waals surface area contributed by atoms with Gasteiger partial charge in [0.25, 0.3) is 0 Å². The van der Waals surface area contributed by atoms with Crippen LogP contribution in [0.1, 0.15) is 26.7 Å². The first-order valence-corrected chi connectivity index (χ1v) is 9.14. The molecule has 1 aromatic heterocycles. The highest BCUT2D eigenvalue weighted by Crippen LogP contribution is 2.46. The van der Waals surface area contributed by atoms with E-state index < -0.39 is 0 Å². The molecule has 2 aliphatic rings. The molecule has 0 unspecified atom stereocenters. The van der Waals surface area contributed by atoms with Crippen molar-refractivity contribution in [2.45, 2.75) is 48.3 Å². The minimum absolute atomic E-state index is 0.0758. The van der Waals surface area contributed by atoms with Gasteiger partial charge in [-0.25, -0.2) is 4.98 Å². The van der Waals surface area contributed by atoms with Crippen molar-refractivity contribution in [1.29, 1.82) is 0 Å². The number of para-hydroxylation sites is 1. The molecule has 1 aromatic carbocycles. The van der Waals surface area contributed by atoms with E-state index in [1.54, 1.807) is 11.3 Å². The lowest BCUT2D eigenvalue weighted by molar-refractivity contribution is -0.121. The number of benzene rings is 1. The van der Waals surface area contributed by atoms with Crippen LogP contribution >= 0.6 is 23.1 Å². The SMILES string of the molecule is CC1(C)C[C@@]2(CO2)C[C@@H](CSc2nc3ccccc3s2)O1. The van der Waals surface area contributed by atoms with Gasteiger partial charge in [0, 0.05) is 18.6 Å². The third kappa shape index (κ3) is 2.97. The number of hydrogen-bond acceptors (Lipinski definition) is 5. The molecule has 2 atom stereocenters. The fourth-order valence-corrected chi connectivity index (χ4v) is 5.37. The van der Waals surface area contributed by atoms with Gasteiger partial charge < -0.3 is 9.47 Å². The maximum absolute atomic E-state index is 6.22. The van der Waals surface area contributed by atoms with Gasteiger partial charge in [0.05, 0.1) is 34.1 Å². The highest BCUT2D eigenvalue weighted by molar-refractivity contribution is 8.01. The van der Waals surface area contributed by atoms with Crippen LogP contribution in [0.4, 0.5) is 0 Å². The van der Waals surface area contributed by atoms with E-state index in [1.165, 1.54) is 4.70 Å². The summed E-state index contributed by atoms with van der Waals surface area (Å²) in [4.78, 5) is 4.68. The van der Waals surface area contributed by atoms with Gasteiger partial charge >= 0.3 is 0 Å². The van der Waals surface area contributed by atoms with Crippen molar-refractivity contribution in [3.05, 3.63) is 24.3 Å². The maximum Gasteiger partial charge on any atom is 0.151 e. The molecule has 0 radical (unpaired) electrons. The van der Waals surface area contributed by atoms with E-state index in [1.807, 2.05) is 17.8 Å². The monoisotopic (exact) mass is 321 g/mol. The van der Waals surface area contributed by atoms with Crippen LogP contribution < -0.4 is 0 Å². The summed E-state index contributed by atoms with van der Waals surface area (Å²) in [5, 5.41) is 0. The summed E-state index contributed by atoms with van der Waals surface area (Å²) in [6.45, 7) is 5.25. The predicted molar refractivity (Wildman–Crippen MR) is 87.2 cm³/mol. The Morgan fingerprint density at radius 2 is 2.19 bits per heavy atom. The van der Waals surface area contributed by atoms with Gasteiger partial charge in [-0.05, 0) is 26.0 Å². The number of rotatable bonds is 3. The Labute approximate surface area is 133 Å². The smallest absolute Gasteiger partial charge is 0.151 e. The highest BCUT2D eigenvalue weighted by atomic mass is 32.2. The number of epoxide rings is 1. The van der Waals surface area contributed by atoms with Crippen molar-refractivity contribution in [3.8, 4) is 0 Å². The summed E-state index contributed by atoms with van der Waals surface area (Å²) < 4.78 is 14.3. The molecule has 4 rings (SSSR count). The van der Waals surface area contributed by atoms with Gasteiger partial charge in [-0.2, -0.15) is 0 Å². The molecular formula is C16H19NO2S2. The summed E-state index contributed by atoms with van der Waals surface area (Å²) in [5.41, 5.74) is 1.13. The van der Waals surface area contributed by atoms with Gasteiger partial charge in [-0.15, -0.1) is 11.3 Å². The topological polar surface area (TPSA) is 34.7 Å². The summed E-state index contributed by atoms with van der Waals surface area (Å²) in [6, 6.07) is 8.31. The highest BCUT2D eigenvalue weighted by Gasteiger charge is 2.54. The maximum atomic E-state index is 6.22. The average Bonchev–Trinajstić information content (AvgIpc) is 3.01. The minimum atomic E-state index is -0.0758. The molecule has 1 spiro atoms. The quantitative estimate of drug-likeness (QED) is 0.629. The van der Waals surface area contributed by atoms with E-state index in [0.29, 0.717) is 0 Å². The summed E-state index contributed by atoms with van der Waals surface area (Å²) in [5.74, 6) is 0.953. The second kappa shape index (κ2) is 4.95. The molecule has 0 aliphatic carbocycles. The van der Waals surface area contributed by atoms with E-state index >= 15 is 0 Å². The van der Waals surface area contributed by atoms with E-state index in [2.05, 4.69) is 37.0 Å². The average molecular weight is 321 g/mol. The van der Waals surface area contributed by atoms with Gasteiger partial charge in [0.15, 0.2) is 4.34 Å². The number of aromatic nitrogens is 1. The van der Waals surface area contributed by atoms with Crippen LogP contribution in [0.5, 0.6) is 0 Å². The molecule has 3 nitrogen and oxygen atoms in total. The van der Waals surface area contributed by atoms with Crippen molar-refractivity contribution in [2.24, 2.45) is 0 Å². The first kappa shape index (κ1) is 14.0. The molecule has 0 bridgehead atoms. The van der Waals surface area contributed by atoms with Gasteiger partial charge in [-0.3, -0.25) is 0 Å². The van der Waals surface area contributed by atoms with Crippen LogP contribution in [-0.2, 0) is 9.47 Å². The fourth-order valence-electron chi connectivity index (χ4n) is 3.29. The summed E-state index contributed by atoms with van der Waals surface area (Å²) in [7, 11) is 0. The normalized spacial score (nSPS) is 30.9. The Balaban J connectivity index is 1.44. The van der Waals surface area contributed by atoms with Crippen LogP contribution in [-0.4, -0.2) is 34.6 Å². The third-order valence-electron chi connectivity index (χ3n) is 4.05. The van der Waals surface area contributed by atoms with Gasteiger partial charge in [0.1, 0.15) is 0 Å². The number of ether oxygens (including phenoxy) is 2. The Kier molecular flexibility index (Phi) is 3.30. The molecule has 2 aromatic rings. The Morgan fingerprint density at radius 1 is 1.38 bits per heavy atom. The summed E-state index contributed by atoms with van der Waals surface area (Å²) in [6.07, 6.45) is 2.30. The zero-order valence-corrected chi connectivity index (χ0v) is 13.9.